The highest BCUT2D eigenvalue weighted by molar-refractivity contribution is 6.07. The molecular weight excluding hydrogens is 275 g/mol. The molecule has 21 heavy (non-hydrogen) atoms. The Morgan fingerprint density at radius 3 is 2.71 bits per heavy atom. The van der Waals surface area contributed by atoms with Crippen molar-refractivity contribution in [2.45, 2.75) is 26.3 Å². The summed E-state index contributed by atoms with van der Waals surface area (Å²) in [6, 6.07) is 4.52. The van der Waals surface area contributed by atoms with E-state index in [-0.39, 0.29) is 12.0 Å². The van der Waals surface area contributed by atoms with E-state index in [4.69, 9.17) is 5.11 Å². The molecule has 0 aliphatic rings. The molecule has 0 radical (unpaired) electrons. The third-order valence-electron chi connectivity index (χ3n) is 3.16. The summed E-state index contributed by atoms with van der Waals surface area (Å²) in [5, 5.41) is 11.8. The molecule has 0 spiro atoms. The van der Waals surface area contributed by atoms with Gasteiger partial charge in [0, 0.05) is 11.1 Å². The van der Waals surface area contributed by atoms with Crippen LogP contribution in [-0.4, -0.2) is 28.0 Å². The molecule has 0 aliphatic carbocycles. The van der Waals surface area contributed by atoms with Gasteiger partial charge in [0.1, 0.15) is 11.9 Å². The minimum atomic E-state index is -1.10. The SMILES string of the molecule is CCC(NC(=O)c1cc(C)nc2ccc(F)cc12)C(=O)O. The summed E-state index contributed by atoms with van der Waals surface area (Å²) in [5.41, 5.74) is 1.31. The Balaban J connectivity index is 2.47. The fourth-order valence-corrected chi connectivity index (χ4v) is 2.09. The van der Waals surface area contributed by atoms with E-state index in [1.165, 1.54) is 24.3 Å². The van der Waals surface area contributed by atoms with Crippen LogP contribution in [0.1, 0.15) is 29.4 Å². The molecule has 5 nitrogen and oxygen atoms in total. The zero-order valence-corrected chi connectivity index (χ0v) is 11.7. The first-order valence-corrected chi connectivity index (χ1v) is 6.53. The monoisotopic (exact) mass is 290 g/mol. The summed E-state index contributed by atoms with van der Waals surface area (Å²) in [5.74, 6) is -2.13. The van der Waals surface area contributed by atoms with Crippen LogP contribution in [-0.2, 0) is 4.79 Å². The number of aryl methyl sites for hydroxylation is 1. The molecule has 1 aromatic heterocycles. The van der Waals surface area contributed by atoms with Crippen molar-refractivity contribution in [3.05, 3.63) is 41.3 Å². The number of aliphatic carboxylic acids is 1. The van der Waals surface area contributed by atoms with Gasteiger partial charge in [0.25, 0.3) is 5.91 Å². The van der Waals surface area contributed by atoms with Gasteiger partial charge in [-0.1, -0.05) is 6.92 Å². The van der Waals surface area contributed by atoms with Crippen molar-refractivity contribution in [3.8, 4) is 0 Å². The first-order chi connectivity index (χ1) is 9.92. The molecule has 1 unspecified atom stereocenters. The third-order valence-corrected chi connectivity index (χ3v) is 3.16. The van der Waals surface area contributed by atoms with Crippen molar-refractivity contribution in [1.82, 2.24) is 10.3 Å². The van der Waals surface area contributed by atoms with E-state index in [2.05, 4.69) is 10.3 Å². The maximum Gasteiger partial charge on any atom is 0.326 e. The molecule has 1 heterocycles. The molecule has 1 atom stereocenters. The van der Waals surface area contributed by atoms with Crippen molar-refractivity contribution in [2.24, 2.45) is 0 Å². The number of carbonyl (C=O) groups excluding carboxylic acids is 1. The lowest BCUT2D eigenvalue weighted by Gasteiger charge is -2.14. The molecule has 1 amide bonds. The summed E-state index contributed by atoms with van der Waals surface area (Å²) < 4.78 is 13.4. The first kappa shape index (κ1) is 14.9. The molecule has 6 heteroatoms. The third kappa shape index (κ3) is 3.16. The number of carboxylic acids is 1. The molecular formula is C15H15FN2O3. The number of benzene rings is 1. The highest BCUT2D eigenvalue weighted by Gasteiger charge is 2.20. The normalized spacial score (nSPS) is 12.1. The smallest absolute Gasteiger partial charge is 0.326 e. The number of aromatic nitrogens is 1. The lowest BCUT2D eigenvalue weighted by molar-refractivity contribution is -0.139. The van der Waals surface area contributed by atoms with E-state index in [1.807, 2.05) is 0 Å². The fourth-order valence-electron chi connectivity index (χ4n) is 2.09. The Bertz CT molecular complexity index is 715. The predicted octanol–water partition coefficient (Wildman–Crippen LogP) is 2.28. The van der Waals surface area contributed by atoms with Gasteiger partial charge < -0.3 is 10.4 Å². The average Bonchev–Trinajstić information content (AvgIpc) is 2.43. The lowest BCUT2D eigenvalue weighted by atomic mass is 10.1. The molecule has 110 valence electrons. The van der Waals surface area contributed by atoms with Gasteiger partial charge in [-0.25, -0.2) is 9.18 Å². The van der Waals surface area contributed by atoms with Crippen LogP contribution in [0.4, 0.5) is 4.39 Å². The molecule has 0 fully saturated rings. The van der Waals surface area contributed by atoms with Gasteiger partial charge >= 0.3 is 5.97 Å². The predicted molar refractivity (Wildman–Crippen MR) is 75.6 cm³/mol. The minimum absolute atomic E-state index is 0.219. The number of rotatable bonds is 4. The number of nitrogens with one attached hydrogen (secondary N) is 1. The molecule has 0 aliphatic heterocycles. The van der Waals surface area contributed by atoms with Crippen LogP contribution in [0, 0.1) is 12.7 Å². The highest BCUT2D eigenvalue weighted by Crippen LogP contribution is 2.20. The summed E-state index contributed by atoms with van der Waals surface area (Å²) in [6.45, 7) is 3.38. The molecule has 2 N–H and O–H groups in total. The van der Waals surface area contributed by atoms with Gasteiger partial charge in [0.2, 0.25) is 0 Å². The van der Waals surface area contributed by atoms with Gasteiger partial charge in [-0.3, -0.25) is 9.78 Å². The van der Waals surface area contributed by atoms with Crippen LogP contribution in [0.5, 0.6) is 0 Å². The Labute approximate surface area is 120 Å². The van der Waals surface area contributed by atoms with E-state index in [0.717, 1.165) is 0 Å². The van der Waals surface area contributed by atoms with E-state index in [9.17, 15) is 14.0 Å². The van der Waals surface area contributed by atoms with Crippen LogP contribution in [0.15, 0.2) is 24.3 Å². The van der Waals surface area contributed by atoms with Crippen LogP contribution in [0.3, 0.4) is 0 Å². The topological polar surface area (TPSA) is 79.3 Å². The number of hydrogen-bond donors (Lipinski definition) is 2. The Morgan fingerprint density at radius 2 is 2.10 bits per heavy atom. The van der Waals surface area contributed by atoms with Crippen molar-refractivity contribution in [2.75, 3.05) is 0 Å². The molecule has 0 saturated heterocycles. The number of carboxylic acid groups (broad SMARTS) is 1. The van der Waals surface area contributed by atoms with Crippen molar-refractivity contribution >= 4 is 22.8 Å². The number of amides is 1. The van der Waals surface area contributed by atoms with E-state index >= 15 is 0 Å². The lowest BCUT2D eigenvalue weighted by Crippen LogP contribution is -2.40. The molecule has 0 saturated carbocycles. The molecule has 1 aromatic carbocycles. The number of halogens is 1. The first-order valence-electron chi connectivity index (χ1n) is 6.53. The summed E-state index contributed by atoms with van der Waals surface area (Å²) in [4.78, 5) is 27.5. The Kier molecular flexibility index (Phi) is 4.16. The van der Waals surface area contributed by atoms with Crippen LogP contribution >= 0.6 is 0 Å². The van der Waals surface area contributed by atoms with Gasteiger partial charge in [0.05, 0.1) is 11.1 Å². The summed E-state index contributed by atoms with van der Waals surface area (Å²) >= 11 is 0. The van der Waals surface area contributed by atoms with Gasteiger partial charge in [0.15, 0.2) is 0 Å². The zero-order chi connectivity index (χ0) is 15.6. The van der Waals surface area contributed by atoms with Gasteiger partial charge in [-0.15, -0.1) is 0 Å². The quantitative estimate of drug-likeness (QED) is 0.905. The van der Waals surface area contributed by atoms with Crippen LogP contribution in [0.25, 0.3) is 10.9 Å². The van der Waals surface area contributed by atoms with Crippen molar-refractivity contribution in [1.29, 1.82) is 0 Å². The van der Waals surface area contributed by atoms with Crippen LogP contribution < -0.4 is 5.32 Å². The van der Waals surface area contributed by atoms with Crippen molar-refractivity contribution < 1.29 is 19.1 Å². The van der Waals surface area contributed by atoms with Gasteiger partial charge in [-0.2, -0.15) is 0 Å². The number of hydrogen-bond acceptors (Lipinski definition) is 3. The van der Waals surface area contributed by atoms with E-state index in [1.54, 1.807) is 13.8 Å². The molecule has 2 aromatic rings. The highest BCUT2D eigenvalue weighted by atomic mass is 19.1. The number of carbonyl (C=O) groups is 2. The molecule has 0 bridgehead atoms. The second kappa shape index (κ2) is 5.87. The standard InChI is InChI=1S/C15H15FN2O3/c1-3-12(15(20)21)18-14(19)11-6-8(2)17-13-5-4-9(16)7-10(11)13/h4-7,12H,3H2,1-2H3,(H,18,19)(H,20,21). The van der Waals surface area contributed by atoms with E-state index in [0.29, 0.717) is 16.6 Å². The maximum atomic E-state index is 13.4. The Morgan fingerprint density at radius 1 is 1.38 bits per heavy atom. The fraction of sp³-hybridized carbons (Fsp3) is 0.267. The summed E-state index contributed by atoms with van der Waals surface area (Å²) in [7, 11) is 0. The average molecular weight is 290 g/mol. The number of nitrogens with zero attached hydrogens (tertiary/aromatic N) is 1. The largest absolute Gasteiger partial charge is 0.480 e. The number of fused-ring (bicyclic) bond motifs is 1. The van der Waals surface area contributed by atoms with E-state index < -0.39 is 23.7 Å². The number of pyridine rings is 1. The summed E-state index contributed by atoms with van der Waals surface area (Å²) in [6.07, 6.45) is 0.261. The van der Waals surface area contributed by atoms with Crippen LogP contribution in [0.2, 0.25) is 0 Å². The zero-order valence-electron chi connectivity index (χ0n) is 11.7. The maximum absolute atomic E-state index is 13.4. The second-order valence-corrected chi connectivity index (χ2v) is 4.75. The second-order valence-electron chi connectivity index (χ2n) is 4.75. The van der Waals surface area contributed by atoms with Crippen molar-refractivity contribution in [3.63, 3.8) is 0 Å². The molecule has 2 rings (SSSR count). The minimum Gasteiger partial charge on any atom is -0.480 e. The van der Waals surface area contributed by atoms with Gasteiger partial charge in [-0.05, 0) is 37.6 Å². The Hall–Kier alpha value is -2.50.